The van der Waals surface area contributed by atoms with Crippen molar-refractivity contribution in [3.05, 3.63) is 23.3 Å². The van der Waals surface area contributed by atoms with Gasteiger partial charge >= 0.3 is 5.97 Å². The second kappa shape index (κ2) is 44.3. The molecular formula is C81H108N12O28S3. The number of esters is 1. The maximum Gasteiger partial charge on any atom is 0.314 e. The highest BCUT2D eigenvalue weighted by molar-refractivity contribution is 8.17. The van der Waals surface area contributed by atoms with Crippen LogP contribution in [0.4, 0.5) is 0 Å². The number of carbonyl (C=O) groups excluding carboxylic acids is 21. The number of hydrogen-bond donors (Lipinski definition) is 12. The minimum Gasteiger partial charge on any atom is -0.426 e. The number of primary amides is 1. The van der Waals surface area contributed by atoms with Gasteiger partial charge in [-0.1, -0.05) is 41.0 Å². The lowest BCUT2D eigenvalue weighted by Crippen LogP contribution is -2.62. The Bertz CT molecular complexity index is 4580. The molecule has 124 heavy (non-hydrogen) atoms. The van der Waals surface area contributed by atoms with E-state index < -0.39 is 348 Å². The number of nitrogens with one attached hydrogen (secondary N) is 8. The molecule has 6 bridgehead atoms. The molecule has 0 saturated carbocycles. The average Bonchev–Trinajstić information content (AvgIpc) is 1.60. The maximum absolute atomic E-state index is 15.8. The van der Waals surface area contributed by atoms with Gasteiger partial charge in [-0.05, 0) is 50.7 Å². The number of fused-ring (bicyclic) bond motifs is 13. The number of aliphatic hydroxyl groups is 3. The van der Waals surface area contributed by atoms with Crippen molar-refractivity contribution in [3.63, 3.8) is 0 Å². The van der Waals surface area contributed by atoms with Crippen molar-refractivity contribution in [3.8, 4) is 5.75 Å². The summed E-state index contributed by atoms with van der Waals surface area (Å²) in [6.07, 6.45) is -11.4. The number of ketones is 7. The Labute approximate surface area is 723 Å². The van der Waals surface area contributed by atoms with Crippen LogP contribution in [0.15, 0.2) is 17.2 Å². The van der Waals surface area contributed by atoms with Crippen molar-refractivity contribution in [2.24, 2.45) is 41.2 Å². The van der Waals surface area contributed by atoms with Crippen LogP contribution >= 0.6 is 23.5 Å². The van der Waals surface area contributed by atoms with Crippen LogP contribution in [-0.4, -0.2) is 297 Å². The molecule has 1 aromatic heterocycles. The smallest absolute Gasteiger partial charge is 0.314 e. The molecule has 19 unspecified atom stereocenters. The van der Waals surface area contributed by atoms with Crippen LogP contribution < -0.4 is 47.7 Å². The number of rotatable bonds is 7. The fourth-order valence-corrected chi connectivity index (χ4v) is 19.9. The number of amides is 13. The first-order chi connectivity index (χ1) is 58.7. The predicted octanol–water partition coefficient (Wildman–Crippen LogP) is -3.27. The lowest BCUT2D eigenvalue weighted by Gasteiger charge is -2.36. The van der Waals surface area contributed by atoms with E-state index in [0.717, 1.165) is 28.4 Å². The van der Waals surface area contributed by atoms with E-state index in [1.807, 2.05) is 0 Å². The van der Waals surface area contributed by atoms with Gasteiger partial charge in [-0.3, -0.25) is 115 Å². The second-order valence-electron chi connectivity index (χ2n) is 32.6. The maximum atomic E-state index is 15.8. The Kier molecular flexibility index (Phi) is 35.0. The topological polar surface area (TPSA) is 600 Å². The third-order valence-corrected chi connectivity index (χ3v) is 27.4. The molecule has 43 heteroatoms. The Morgan fingerprint density at radius 3 is 1.72 bits per heavy atom. The molecule has 7 aliphatic heterocycles. The highest BCUT2D eigenvalue weighted by atomic mass is 32.2. The van der Waals surface area contributed by atoms with E-state index in [0.29, 0.717) is 9.80 Å². The van der Waals surface area contributed by atoms with Gasteiger partial charge in [-0.25, -0.2) is 0 Å². The Hall–Kier alpha value is -9.92. The zero-order valence-electron chi connectivity index (χ0n) is 69.8. The van der Waals surface area contributed by atoms with Gasteiger partial charge in [-0.2, -0.15) is 0 Å². The number of benzene rings is 1. The van der Waals surface area contributed by atoms with Crippen LogP contribution in [0.3, 0.4) is 0 Å². The van der Waals surface area contributed by atoms with Gasteiger partial charge in [0.15, 0.2) is 34.7 Å². The summed E-state index contributed by atoms with van der Waals surface area (Å²) >= 11 is 2.14. The minimum absolute atomic E-state index is 0.0601. The number of hydrogen-bond acceptors (Lipinski definition) is 30. The summed E-state index contributed by atoms with van der Waals surface area (Å²) in [6, 6.07) is -10.8. The summed E-state index contributed by atoms with van der Waals surface area (Å²) in [4.78, 5) is 304. The summed E-state index contributed by atoms with van der Waals surface area (Å²) in [6.45, 7) is 5.52. The van der Waals surface area contributed by atoms with Gasteiger partial charge in [-0.15, -0.1) is 23.5 Å². The number of aromatic nitrogens is 1. The van der Waals surface area contributed by atoms with Gasteiger partial charge in [0.2, 0.25) is 76.8 Å². The summed E-state index contributed by atoms with van der Waals surface area (Å²) < 4.78 is 33.3. The fourth-order valence-electron chi connectivity index (χ4n) is 15.8. The Balaban J connectivity index is 1.09. The van der Waals surface area contributed by atoms with Crippen LogP contribution in [0, 0.1) is 35.5 Å². The van der Waals surface area contributed by atoms with E-state index in [1.165, 1.54) is 46.8 Å². The molecule has 4 fully saturated rings. The molecule has 40 nitrogen and oxygen atoms in total. The van der Waals surface area contributed by atoms with Crippen LogP contribution in [0.2, 0.25) is 0 Å². The van der Waals surface area contributed by atoms with Crippen molar-refractivity contribution >= 4 is 168 Å². The number of carbonyl (C=O) groups is 21. The van der Waals surface area contributed by atoms with Gasteiger partial charge in [0.1, 0.15) is 40.7 Å². The van der Waals surface area contributed by atoms with Gasteiger partial charge in [0.05, 0.1) is 114 Å². The van der Waals surface area contributed by atoms with Crippen LogP contribution in [-0.2, 0) is 134 Å². The van der Waals surface area contributed by atoms with E-state index in [9.17, 15) is 102 Å². The number of aliphatic hydroxyl groups excluding tert-OH is 3. The molecule has 1 aromatic carbocycles. The van der Waals surface area contributed by atoms with Crippen molar-refractivity contribution < 1.29 is 134 Å². The Morgan fingerprint density at radius 2 is 1.16 bits per heavy atom. The lowest BCUT2D eigenvalue weighted by molar-refractivity contribution is -0.157. The first-order valence-corrected chi connectivity index (χ1v) is 44.8. The van der Waals surface area contributed by atoms with E-state index in [2.05, 4.69) is 42.2 Å². The fraction of sp³-hybridized carbons (Fsp3) is 0.642. The number of H-pyrrole nitrogens is 1. The summed E-state index contributed by atoms with van der Waals surface area (Å²) in [5, 5.41) is 47.8. The highest BCUT2D eigenvalue weighted by Gasteiger charge is 2.56. The number of imide groups is 2. The largest absolute Gasteiger partial charge is 0.426 e. The molecule has 4 saturated heterocycles. The monoisotopic (exact) mass is 1790 g/mol. The third-order valence-electron chi connectivity index (χ3n) is 23.3. The van der Waals surface area contributed by atoms with Gasteiger partial charge in [0.25, 0.3) is 0 Å². The first-order valence-electron chi connectivity index (χ1n) is 41.4. The van der Waals surface area contributed by atoms with Crippen molar-refractivity contribution in [2.45, 2.75) is 234 Å². The number of nitrogens with two attached hydrogens (primary N) is 1. The molecule has 7 aliphatic rings. The molecule has 0 aliphatic carbocycles. The van der Waals surface area contributed by atoms with E-state index >= 15 is 18.6 Å². The minimum atomic E-state index is -2.71. The molecule has 13 amide bonds. The average molecular weight is 1790 g/mol. The molecule has 8 heterocycles. The van der Waals surface area contributed by atoms with Gasteiger partial charge < -0.3 is 82.4 Å². The molecule has 0 radical (unpaired) electrons. The molecule has 0 spiro atoms. The van der Waals surface area contributed by atoms with Crippen molar-refractivity contribution in [2.75, 3.05) is 63.5 Å². The molecule has 678 valence electrons. The molecule has 13 N–H and O–H groups in total. The van der Waals surface area contributed by atoms with E-state index in [1.54, 1.807) is 13.8 Å². The second-order valence-corrected chi connectivity index (χ2v) is 36.8. The van der Waals surface area contributed by atoms with Crippen LogP contribution in [0.1, 0.15) is 156 Å². The molecule has 2 aromatic rings. The Morgan fingerprint density at radius 1 is 0.605 bits per heavy atom. The van der Waals surface area contributed by atoms with E-state index in [4.69, 9.17) is 19.9 Å². The predicted molar refractivity (Wildman–Crippen MR) is 438 cm³/mol. The molecular weight excluding hydrogens is 1690 g/mol. The zero-order valence-corrected chi connectivity index (χ0v) is 72.3. The van der Waals surface area contributed by atoms with Crippen LogP contribution in [0.25, 0.3) is 10.9 Å². The third kappa shape index (κ3) is 24.8. The highest BCUT2D eigenvalue weighted by Crippen LogP contribution is 2.40. The molecule has 9 rings (SSSR count). The standard InChI is InChI=1S/C81H108N12O28S3/c1-8-37(2)70-76(113)84-31-66(107)87-50-35-124(118)77-48(22-44(74(111)83-32-67(108)89-70)24-58(102)71(40(5)59(103)34-94)90-75(112)51-27-46(95)33-91(51)78(114)45(25-57(50)101)26-63(82)104)47-21-43-23-54(98)38(3)19-55(99)41(6)85-64(105)13-17-119-15-9-11-52(96)72-73(93-69(110)30-62(80(93)116)123-36-122-61-29-68(109)92(72)79(61)115)53(97)12-10-16-120-18-14-65(106)86-42(7)56(100)20-39(4)81(117)121-60(43)28-49(47)88-77/h21,28,37-42,44-46,50-51,59,61-62,70-73,88,94-95,103H,8-20,22-27,29-36H2,1-7H3,(H2,82,104)(H,83,111)(H,84,113)(H,85,105)(H,86,106)(H,87,107)(H,89,108)(H,90,112). The summed E-state index contributed by atoms with van der Waals surface area (Å²) in [7, 11) is -2.71. The van der Waals surface area contributed by atoms with E-state index in [-0.39, 0.29) is 98.5 Å². The SMILES string of the molecule is CCC(C)C1NC(=O)CNC(=O)C2CC(=O)C(C(C)C(O)CO)NC(=O)C3CC(O)CN3C(=O)C(CC(N)=O)CC(=O)C(CS(=O)c3[nH]c4cc5c(cc4c3C2)CC(=O)C(C)CC(=O)C(C)NC(=O)CCOCCCC(=O)C2C(C(=O)CCCOCCC(=O)NC(C)C(=O)CC(C)C(=O)O5)N3C(=O)CC(SCSC4CC(=O)N2C4=O)C3=O)NC(=O)CNC1=O. The lowest BCUT2D eigenvalue weighted by atomic mass is 9.85. The number of ether oxygens (including phenoxy) is 3. The van der Waals surface area contributed by atoms with Gasteiger partial charge in [0, 0.05) is 143 Å². The van der Waals surface area contributed by atoms with Crippen molar-refractivity contribution in [1.29, 1.82) is 0 Å². The summed E-state index contributed by atoms with van der Waals surface area (Å²) in [5.74, 6) is -28.6. The quantitative estimate of drug-likeness (QED) is 0.0735. The number of nitrogens with zero attached hydrogens (tertiary/aromatic N) is 3. The number of aromatic amines is 1. The number of thioether (sulfide) groups is 2. The van der Waals surface area contributed by atoms with Crippen molar-refractivity contribution in [1.82, 2.24) is 56.9 Å². The molecule has 19 atom stereocenters. The number of Topliss-reactive ketones (excluding diaryl/α,β-unsaturated/α-hetero) is 7. The summed E-state index contributed by atoms with van der Waals surface area (Å²) in [5.41, 5.74) is 5.22. The normalized spacial score (nSPS) is 30.5. The zero-order chi connectivity index (χ0) is 91.0. The first kappa shape index (κ1) is 97.9. The van der Waals surface area contributed by atoms with Crippen LogP contribution in [0.5, 0.6) is 5.75 Å².